The van der Waals surface area contributed by atoms with E-state index >= 15 is 0 Å². The fourth-order valence-electron chi connectivity index (χ4n) is 3.27. The monoisotopic (exact) mass is 291 g/mol. The van der Waals surface area contributed by atoms with Crippen LogP contribution in [0.3, 0.4) is 0 Å². The minimum absolute atomic E-state index is 0.507. The van der Waals surface area contributed by atoms with Gasteiger partial charge in [-0.05, 0) is 36.4 Å². The fraction of sp³-hybridized carbons (Fsp3) is 0.647. The van der Waals surface area contributed by atoms with Gasteiger partial charge in [-0.3, -0.25) is 0 Å². The molecule has 0 saturated carbocycles. The summed E-state index contributed by atoms with van der Waals surface area (Å²) in [5, 5.41) is 5.18. The van der Waals surface area contributed by atoms with Gasteiger partial charge in [0.05, 0.1) is 18.5 Å². The smallest absolute Gasteiger partial charge is 0.0608 e. The third kappa shape index (κ3) is 2.90. The molecule has 1 aromatic rings. The number of fused-ring (bicyclic) bond motifs is 1. The van der Waals surface area contributed by atoms with Gasteiger partial charge in [-0.2, -0.15) is 0 Å². The van der Waals surface area contributed by atoms with Gasteiger partial charge in [0.2, 0.25) is 0 Å². The number of hydrogen-bond donors (Lipinski definition) is 1. The zero-order chi connectivity index (χ0) is 13.9. The third-order valence-corrected chi connectivity index (χ3v) is 5.88. The van der Waals surface area contributed by atoms with Crippen LogP contribution in [0.1, 0.15) is 49.8 Å². The number of nitrogens with one attached hydrogen (secondary N) is 1. The van der Waals surface area contributed by atoms with Crippen LogP contribution >= 0.6 is 11.8 Å². The molecule has 0 bridgehead atoms. The molecule has 0 spiro atoms. The Morgan fingerprint density at radius 1 is 1.25 bits per heavy atom. The quantitative estimate of drug-likeness (QED) is 0.893. The zero-order valence-electron chi connectivity index (χ0n) is 12.5. The SMILES string of the molecule is CCCNC1c2ccccc2C(C)CC1SC1COC1. The second kappa shape index (κ2) is 6.50. The first-order chi connectivity index (χ1) is 9.79. The van der Waals surface area contributed by atoms with Gasteiger partial charge >= 0.3 is 0 Å². The van der Waals surface area contributed by atoms with Crippen LogP contribution < -0.4 is 5.32 Å². The lowest BCUT2D eigenvalue weighted by Crippen LogP contribution is -2.40. The van der Waals surface area contributed by atoms with Crippen molar-refractivity contribution in [3.8, 4) is 0 Å². The first-order valence-corrected chi connectivity index (χ1v) is 8.79. The van der Waals surface area contributed by atoms with Crippen LogP contribution in [0, 0.1) is 0 Å². The predicted octanol–water partition coefficient (Wildman–Crippen LogP) is 3.74. The van der Waals surface area contributed by atoms with Crippen LogP contribution in [-0.2, 0) is 4.74 Å². The number of ether oxygens (including phenoxy) is 1. The van der Waals surface area contributed by atoms with Crippen molar-refractivity contribution in [1.82, 2.24) is 5.32 Å². The van der Waals surface area contributed by atoms with Gasteiger partial charge in [0.1, 0.15) is 0 Å². The lowest BCUT2D eigenvalue weighted by atomic mass is 9.80. The molecule has 2 aliphatic rings. The summed E-state index contributed by atoms with van der Waals surface area (Å²) in [7, 11) is 0. The van der Waals surface area contributed by atoms with Crippen LogP contribution in [0.4, 0.5) is 0 Å². The summed E-state index contributed by atoms with van der Waals surface area (Å²) in [6, 6.07) is 9.51. The van der Waals surface area contributed by atoms with E-state index in [1.54, 1.807) is 5.56 Å². The molecule has 0 radical (unpaired) electrons. The van der Waals surface area contributed by atoms with E-state index < -0.39 is 0 Å². The molecule has 1 heterocycles. The highest BCUT2D eigenvalue weighted by Crippen LogP contribution is 2.44. The molecule has 1 saturated heterocycles. The van der Waals surface area contributed by atoms with Crippen LogP contribution in [0.25, 0.3) is 0 Å². The van der Waals surface area contributed by atoms with Crippen molar-refractivity contribution in [2.75, 3.05) is 19.8 Å². The Morgan fingerprint density at radius 2 is 2.00 bits per heavy atom. The van der Waals surface area contributed by atoms with Crippen molar-refractivity contribution < 1.29 is 4.74 Å². The Balaban J connectivity index is 1.82. The summed E-state index contributed by atoms with van der Waals surface area (Å²) in [6.07, 6.45) is 2.47. The minimum Gasteiger partial charge on any atom is -0.379 e. The Kier molecular flexibility index (Phi) is 4.69. The molecule has 0 aromatic heterocycles. The van der Waals surface area contributed by atoms with Gasteiger partial charge < -0.3 is 10.1 Å². The largest absolute Gasteiger partial charge is 0.379 e. The maximum Gasteiger partial charge on any atom is 0.0608 e. The average Bonchev–Trinajstić information content (AvgIpc) is 2.42. The Morgan fingerprint density at radius 3 is 2.65 bits per heavy atom. The third-order valence-electron chi connectivity index (χ3n) is 4.41. The van der Waals surface area contributed by atoms with Crippen LogP contribution in [-0.4, -0.2) is 30.3 Å². The molecule has 20 heavy (non-hydrogen) atoms. The summed E-state index contributed by atoms with van der Waals surface area (Å²) < 4.78 is 5.35. The molecule has 3 unspecified atom stereocenters. The second-order valence-corrected chi connectivity index (χ2v) is 7.58. The Bertz CT molecular complexity index is 446. The highest BCUT2D eigenvalue weighted by Gasteiger charge is 2.35. The van der Waals surface area contributed by atoms with Gasteiger partial charge in [-0.25, -0.2) is 0 Å². The van der Waals surface area contributed by atoms with E-state index in [1.807, 2.05) is 0 Å². The maximum atomic E-state index is 5.35. The second-order valence-electron chi connectivity index (χ2n) is 6.03. The van der Waals surface area contributed by atoms with Gasteiger partial charge in [-0.15, -0.1) is 11.8 Å². The van der Waals surface area contributed by atoms with Crippen molar-refractivity contribution >= 4 is 11.8 Å². The van der Waals surface area contributed by atoms with E-state index in [9.17, 15) is 0 Å². The van der Waals surface area contributed by atoms with E-state index in [1.165, 1.54) is 18.4 Å². The fourth-order valence-corrected chi connectivity index (χ4v) is 4.91. The summed E-state index contributed by atoms with van der Waals surface area (Å²) in [6.45, 7) is 7.60. The molecule has 1 N–H and O–H groups in total. The summed E-state index contributed by atoms with van der Waals surface area (Å²) in [5.74, 6) is 0.671. The van der Waals surface area contributed by atoms with Crippen LogP contribution in [0.15, 0.2) is 24.3 Å². The van der Waals surface area contributed by atoms with Crippen molar-refractivity contribution in [2.24, 2.45) is 0 Å². The van der Waals surface area contributed by atoms with Gasteiger partial charge in [0.25, 0.3) is 0 Å². The van der Waals surface area contributed by atoms with E-state index in [-0.39, 0.29) is 0 Å². The Labute approximate surface area is 126 Å². The average molecular weight is 291 g/mol. The number of thioether (sulfide) groups is 1. The van der Waals surface area contributed by atoms with Crippen molar-refractivity contribution in [3.05, 3.63) is 35.4 Å². The number of rotatable bonds is 5. The molecule has 3 rings (SSSR count). The molecule has 110 valence electrons. The lowest BCUT2D eigenvalue weighted by Gasteiger charge is -2.40. The molecular formula is C17H25NOS. The van der Waals surface area contributed by atoms with Gasteiger partial charge in [-0.1, -0.05) is 38.1 Å². The first-order valence-electron chi connectivity index (χ1n) is 7.85. The topological polar surface area (TPSA) is 21.3 Å². The normalized spacial score (nSPS) is 29.8. The van der Waals surface area contributed by atoms with E-state index in [0.29, 0.717) is 22.5 Å². The Hall–Kier alpha value is -0.510. The molecule has 1 fully saturated rings. The highest BCUT2D eigenvalue weighted by atomic mass is 32.2. The zero-order valence-corrected chi connectivity index (χ0v) is 13.3. The van der Waals surface area contributed by atoms with Crippen molar-refractivity contribution in [2.45, 2.75) is 49.1 Å². The van der Waals surface area contributed by atoms with E-state index in [4.69, 9.17) is 4.74 Å². The van der Waals surface area contributed by atoms with Gasteiger partial charge in [0, 0.05) is 11.3 Å². The first kappa shape index (κ1) is 14.4. The highest BCUT2D eigenvalue weighted by molar-refractivity contribution is 8.00. The van der Waals surface area contributed by atoms with Crippen LogP contribution in [0.5, 0.6) is 0 Å². The molecular weight excluding hydrogens is 266 g/mol. The predicted molar refractivity (Wildman–Crippen MR) is 86.5 cm³/mol. The van der Waals surface area contributed by atoms with E-state index in [2.05, 4.69) is 55.2 Å². The van der Waals surface area contributed by atoms with Crippen molar-refractivity contribution in [1.29, 1.82) is 0 Å². The molecule has 1 aliphatic carbocycles. The summed E-state index contributed by atoms with van der Waals surface area (Å²) in [4.78, 5) is 0. The van der Waals surface area contributed by atoms with Gasteiger partial charge in [0.15, 0.2) is 0 Å². The standard InChI is InChI=1S/C17H25NOS/c1-3-8-18-17-15-7-5-4-6-14(15)12(2)9-16(17)20-13-10-19-11-13/h4-7,12-13,16-18H,3,8-11H2,1-2H3. The molecule has 3 atom stereocenters. The maximum absolute atomic E-state index is 5.35. The van der Waals surface area contributed by atoms with Crippen molar-refractivity contribution in [3.63, 3.8) is 0 Å². The number of benzene rings is 1. The summed E-state index contributed by atoms with van der Waals surface area (Å²) in [5.41, 5.74) is 3.07. The molecule has 1 aliphatic heterocycles. The number of hydrogen-bond acceptors (Lipinski definition) is 3. The molecule has 1 aromatic carbocycles. The summed E-state index contributed by atoms with van der Waals surface area (Å²) >= 11 is 2.15. The van der Waals surface area contributed by atoms with E-state index in [0.717, 1.165) is 19.8 Å². The molecule has 0 amide bonds. The lowest BCUT2D eigenvalue weighted by molar-refractivity contribution is 0.0451. The molecule has 3 heteroatoms. The minimum atomic E-state index is 0.507. The molecule has 2 nitrogen and oxygen atoms in total. The van der Waals surface area contributed by atoms with Crippen LogP contribution in [0.2, 0.25) is 0 Å².